The van der Waals surface area contributed by atoms with E-state index >= 15 is 0 Å². The van der Waals surface area contributed by atoms with Gasteiger partial charge in [-0.3, -0.25) is 14.2 Å². The molecule has 1 aliphatic rings. The van der Waals surface area contributed by atoms with Crippen LogP contribution in [0.1, 0.15) is 12.5 Å². The van der Waals surface area contributed by atoms with Gasteiger partial charge in [-0.2, -0.15) is 0 Å². The van der Waals surface area contributed by atoms with Crippen molar-refractivity contribution in [1.29, 1.82) is 0 Å². The number of anilines is 1. The summed E-state index contributed by atoms with van der Waals surface area (Å²) in [6.45, 7) is 0. The van der Waals surface area contributed by atoms with Gasteiger partial charge in [-0.25, -0.2) is 4.98 Å². The van der Waals surface area contributed by atoms with Gasteiger partial charge in [0.05, 0.1) is 6.04 Å². The molecule has 0 saturated heterocycles. The zero-order valence-electron chi connectivity index (χ0n) is 12.8. The Morgan fingerprint density at radius 3 is 2.96 bits per heavy atom. The number of benzene rings is 2. The molecule has 1 unspecified atom stereocenters. The largest absolute Gasteiger partial charge is 0.325 e. The minimum atomic E-state index is -0.152. The van der Waals surface area contributed by atoms with E-state index in [1.54, 1.807) is 4.57 Å². The number of hydrogen-bond acceptors (Lipinski definition) is 4. The average molecular weight is 337 g/mol. The molecule has 2 aromatic carbocycles. The summed E-state index contributed by atoms with van der Waals surface area (Å²) in [6, 6.07) is 15.0. The molecule has 120 valence electrons. The predicted molar refractivity (Wildman–Crippen MR) is 95.5 cm³/mol. The molecule has 1 N–H and O–H groups in total. The molecule has 6 heteroatoms. The molecule has 2 heterocycles. The van der Waals surface area contributed by atoms with Gasteiger partial charge in [0.2, 0.25) is 5.91 Å². The van der Waals surface area contributed by atoms with Crippen LogP contribution in [0, 0.1) is 0 Å². The van der Waals surface area contributed by atoms with Crippen LogP contribution in [0.2, 0.25) is 0 Å². The van der Waals surface area contributed by atoms with Gasteiger partial charge in [-0.1, -0.05) is 48.2 Å². The average Bonchev–Trinajstić information content (AvgIpc) is 2.99. The fourth-order valence-corrected chi connectivity index (χ4v) is 4.11. The number of aromatic nitrogens is 2. The van der Waals surface area contributed by atoms with Gasteiger partial charge >= 0.3 is 0 Å². The van der Waals surface area contributed by atoms with Crippen LogP contribution in [0.3, 0.4) is 0 Å². The Labute approximate surface area is 142 Å². The number of hydrogen-bond donors (Lipinski definition) is 1. The first kappa shape index (κ1) is 15.0. The van der Waals surface area contributed by atoms with E-state index in [-0.39, 0.29) is 23.9 Å². The van der Waals surface area contributed by atoms with Crippen molar-refractivity contribution in [2.45, 2.75) is 17.6 Å². The number of fused-ring (bicyclic) bond motifs is 2. The normalized spacial score (nSPS) is 16.1. The Bertz CT molecular complexity index is 978. The molecule has 0 spiro atoms. The second-order valence-electron chi connectivity index (χ2n) is 5.68. The molecule has 1 amide bonds. The van der Waals surface area contributed by atoms with Crippen LogP contribution < -0.4 is 10.9 Å². The zero-order chi connectivity index (χ0) is 16.5. The third-order valence-electron chi connectivity index (χ3n) is 4.10. The highest BCUT2D eigenvalue weighted by Gasteiger charge is 2.26. The van der Waals surface area contributed by atoms with Crippen molar-refractivity contribution in [3.05, 3.63) is 65.1 Å². The molecule has 1 atom stereocenters. The van der Waals surface area contributed by atoms with Gasteiger partial charge in [0.25, 0.3) is 5.56 Å². The predicted octanol–water partition coefficient (Wildman–Crippen LogP) is 3.07. The monoisotopic (exact) mass is 337 g/mol. The van der Waals surface area contributed by atoms with Crippen LogP contribution in [0.5, 0.6) is 0 Å². The van der Waals surface area contributed by atoms with Crippen molar-refractivity contribution in [1.82, 2.24) is 9.55 Å². The Morgan fingerprint density at radius 2 is 2.04 bits per heavy atom. The van der Waals surface area contributed by atoms with E-state index < -0.39 is 0 Å². The fourth-order valence-electron chi connectivity index (χ4n) is 2.99. The quantitative estimate of drug-likeness (QED) is 0.746. The number of amides is 1. The fraction of sp³-hybridized carbons (Fsp3) is 0.167. The number of thioether (sulfide) groups is 1. The number of carbonyl (C=O) groups excluding carboxylic acids is 1. The first-order valence-corrected chi connectivity index (χ1v) is 8.69. The first-order valence-electron chi connectivity index (χ1n) is 7.70. The van der Waals surface area contributed by atoms with Gasteiger partial charge in [0.15, 0.2) is 5.16 Å². The molecule has 0 radical (unpaired) electrons. The van der Waals surface area contributed by atoms with Crippen LogP contribution >= 0.6 is 11.8 Å². The standard InChI is InChI=1S/C18H15N3O2S/c22-16(10-13-11-24-18-19-9-8-17(23)21(13)18)20-15-7-3-5-12-4-1-2-6-14(12)15/h1-9,13H,10-11H2,(H,20,22). The molecule has 3 aromatic rings. The summed E-state index contributed by atoms with van der Waals surface area (Å²) in [5.74, 6) is 0.593. The lowest BCUT2D eigenvalue weighted by molar-refractivity contribution is -0.116. The second kappa shape index (κ2) is 6.13. The molecule has 0 aliphatic carbocycles. The summed E-state index contributed by atoms with van der Waals surface area (Å²) >= 11 is 1.51. The summed E-state index contributed by atoms with van der Waals surface area (Å²) in [5.41, 5.74) is 0.690. The van der Waals surface area contributed by atoms with Gasteiger partial charge in [-0.15, -0.1) is 0 Å². The first-order chi connectivity index (χ1) is 11.7. The Morgan fingerprint density at radius 1 is 1.21 bits per heavy atom. The molecule has 5 nitrogen and oxygen atoms in total. The van der Waals surface area contributed by atoms with Gasteiger partial charge in [0, 0.05) is 35.5 Å². The lowest BCUT2D eigenvalue weighted by Gasteiger charge is -2.14. The number of nitrogens with zero attached hydrogens (tertiary/aromatic N) is 2. The van der Waals surface area contributed by atoms with Crippen LogP contribution in [0.15, 0.2) is 64.7 Å². The molecule has 1 aliphatic heterocycles. The minimum Gasteiger partial charge on any atom is -0.325 e. The third-order valence-corrected chi connectivity index (χ3v) is 5.21. The highest BCUT2D eigenvalue weighted by atomic mass is 32.2. The molecular weight excluding hydrogens is 322 g/mol. The zero-order valence-corrected chi connectivity index (χ0v) is 13.6. The highest BCUT2D eigenvalue weighted by molar-refractivity contribution is 7.99. The Kier molecular flexibility index (Phi) is 3.82. The molecule has 24 heavy (non-hydrogen) atoms. The van der Waals surface area contributed by atoms with Gasteiger partial charge in [-0.05, 0) is 11.5 Å². The minimum absolute atomic E-state index is 0.0967. The maximum absolute atomic E-state index is 12.5. The van der Waals surface area contributed by atoms with Crippen LogP contribution in [0.4, 0.5) is 5.69 Å². The summed E-state index contributed by atoms with van der Waals surface area (Å²) in [4.78, 5) is 28.7. The lowest BCUT2D eigenvalue weighted by atomic mass is 10.1. The van der Waals surface area contributed by atoms with Crippen molar-refractivity contribution < 1.29 is 4.79 Å². The topological polar surface area (TPSA) is 64.0 Å². The van der Waals surface area contributed by atoms with Crippen molar-refractivity contribution in [2.24, 2.45) is 0 Å². The Balaban J connectivity index is 1.55. The highest BCUT2D eigenvalue weighted by Crippen LogP contribution is 2.32. The number of nitrogens with one attached hydrogen (secondary N) is 1. The van der Waals surface area contributed by atoms with Crippen molar-refractivity contribution in [3.8, 4) is 0 Å². The van der Waals surface area contributed by atoms with E-state index in [2.05, 4.69) is 10.3 Å². The van der Waals surface area contributed by atoms with Crippen molar-refractivity contribution >= 4 is 34.1 Å². The second-order valence-corrected chi connectivity index (χ2v) is 6.67. The lowest BCUT2D eigenvalue weighted by Crippen LogP contribution is -2.26. The maximum Gasteiger partial charge on any atom is 0.254 e. The van der Waals surface area contributed by atoms with E-state index in [1.807, 2.05) is 42.5 Å². The maximum atomic E-state index is 12.5. The molecule has 0 fully saturated rings. The number of rotatable bonds is 3. The SMILES string of the molecule is O=C(CC1CSc2nccc(=O)n21)Nc1cccc2ccccc12. The van der Waals surface area contributed by atoms with E-state index in [9.17, 15) is 9.59 Å². The summed E-state index contributed by atoms with van der Waals surface area (Å²) in [7, 11) is 0. The molecule has 0 bridgehead atoms. The smallest absolute Gasteiger partial charge is 0.254 e. The number of carbonyl (C=O) groups is 1. The summed E-state index contributed by atoms with van der Waals surface area (Å²) < 4.78 is 1.62. The van der Waals surface area contributed by atoms with E-state index in [4.69, 9.17) is 0 Å². The van der Waals surface area contributed by atoms with Crippen LogP contribution in [-0.4, -0.2) is 21.2 Å². The summed E-state index contributed by atoms with van der Waals surface area (Å²) in [6.07, 6.45) is 1.77. The van der Waals surface area contributed by atoms with Crippen LogP contribution in [0.25, 0.3) is 10.8 Å². The van der Waals surface area contributed by atoms with E-state index in [0.29, 0.717) is 10.9 Å². The van der Waals surface area contributed by atoms with E-state index in [0.717, 1.165) is 16.5 Å². The van der Waals surface area contributed by atoms with Gasteiger partial charge in [0.1, 0.15) is 0 Å². The molecule has 1 aromatic heterocycles. The molecule has 4 rings (SSSR count). The van der Waals surface area contributed by atoms with Gasteiger partial charge < -0.3 is 5.32 Å². The molecule has 0 saturated carbocycles. The summed E-state index contributed by atoms with van der Waals surface area (Å²) in [5, 5.41) is 5.75. The van der Waals surface area contributed by atoms with Crippen molar-refractivity contribution in [2.75, 3.05) is 11.1 Å². The van der Waals surface area contributed by atoms with Crippen molar-refractivity contribution in [3.63, 3.8) is 0 Å². The van der Waals surface area contributed by atoms with E-state index in [1.165, 1.54) is 24.0 Å². The third kappa shape index (κ3) is 2.69. The Hall–Kier alpha value is -2.60. The molecular formula is C18H15N3O2S. The van der Waals surface area contributed by atoms with Crippen LogP contribution in [-0.2, 0) is 4.79 Å².